The first-order valence-corrected chi connectivity index (χ1v) is 7.61. The Balaban J connectivity index is 2.13. The lowest BCUT2D eigenvalue weighted by Gasteiger charge is -2.33. The molecule has 5 heteroatoms. The molecule has 0 spiro atoms. The number of benzene rings is 1. The predicted octanol–water partition coefficient (Wildman–Crippen LogP) is 2.47. The summed E-state index contributed by atoms with van der Waals surface area (Å²) in [5.74, 6) is -0.902. The third-order valence-corrected chi connectivity index (χ3v) is 4.11. The number of carboxylic acids is 1. The number of rotatable bonds is 5. The molecule has 1 saturated heterocycles. The van der Waals surface area contributed by atoms with E-state index in [0.29, 0.717) is 12.8 Å². The molecule has 0 bridgehead atoms. The maximum Gasteiger partial charge on any atom is 0.332 e. The van der Waals surface area contributed by atoms with Gasteiger partial charge in [-0.15, -0.1) is 0 Å². The van der Waals surface area contributed by atoms with Crippen LogP contribution in [0.1, 0.15) is 38.3 Å². The zero-order valence-corrected chi connectivity index (χ0v) is 13.2. The summed E-state index contributed by atoms with van der Waals surface area (Å²) in [6, 6.07) is 9.81. The van der Waals surface area contributed by atoms with E-state index >= 15 is 0 Å². The van der Waals surface area contributed by atoms with Gasteiger partial charge in [-0.25, -0.2) is 4.79 Å². The number of nitrogens with zero attached hydrogens (tertiary/aromatic N) is 1. The second kappa shape index (κ2) is 6.92. The Morgan fingerprint density at radius 3 is 2.27 bits per heavy atom. The van der Waals surface area contributed by atoms with Crippen molar-refractivity contribution in [2.45, 2.75) is 44.9 Å². The van der Waals surface area contributed by atoms with E-state index in [1.807, 2.05) is 30.3 Å². The molecule has 120 valence electrons. The highest BCUT2D eigenvalue weighted by Gasteiger charge is 2.38. The molecule has 5 nitrogen and oxygen atoms in total. The summed E-state index contributed by atoms with van der Waals surface area (Å²) in [5.41, 5.74) is 1.07. The largest absolute Gasteiger partial charge is 0.479 e. The van der Waals surface area contributed by atoms with Crippen molar-refractivity contribution in [3.8, 4) is 0 Å². The zero-order chi connectivity index (χ0) is 16.3. The fraction of sp³-hybridized carbons (Fsp3) is 0.529. The van der Waals surface area contributed by atoms with Gasteiger partial charge in [-0.1, -0.05) is 44.2 Å². The van der Waals surface area contributed by atoms with Gasteiger partial charge in [-0.2, -0.15) is 0 Å². The number of carboxylic acid groups (broad SMARTS) is 1. The van der Waals surface area contributed by atoms with E-state index in [1.54, 1.807) is 11.9 Å². The molecule has 2 rings (SSSR count). The van der Waals surface area contributed by atoms with Gasteiger partial charge >= 0.3 is 5.97 Å². The van der Waals surface area contributed by atoms with Crippen LogP contribution in [0, 0.1) is 5.92 Å². The minimum atomic E-state index is -0.999. The van der Waals surface area contributed by atoms with Gasteiger partial charge in [0.2, 0.25) is 0 Å². The van der Waals surface area contributed by atoms with Crippen molar-refractivity contribution < 1.29 is 19.4 Å². The summed E-state index contributed by atoms with van der Waals surface area (Å²) in [6.45, 7) is 4.13. The van der Waals surface area contributed by atoms with E-state index in [4.69, 9.17) is 9.84 Å². The van der Waals surface area contributed by atoms with Gasteiger partial charge in [0.1, 0.15) is 6.10 Å². The van der Waals surface area contributed by atoms with Crippen molar-refractivity contribution in [1.29, 1.82) is 0 Å². The smallest absolute Gasteiger partial charge is 0.332 e. The molecule has 3 atom stereocenters. The number of aliphatic carboxylic acids is 1. The van der Waals surface area contributed by atoms with Crippen LogP contribution in [0.2, 0.25) is 0 Å². The van der Waals surface area contributed by atoms with Crippen LogP contribution in [-0.4, -0.2) is 41.1 Å². The molecule has 22 heavy (non-hydrogen) atoms. The van der Waals surface area contributed by atoms with Gasteiger partial charge in [0, 0.05) is 7.05 Å². The molecule has 1 amide bonds. The molecule has 1 aliphatic rings. The van der Waals surface area contributed by atoms with Crippen LogP contribution in [0.5, 0.6) is 0 Å². The third-order valence-electron chi connectivity index (χ3n) is 4.11. The van der Waals surface area contributed by atoms with Crippen LogP contribution in [0.15, 0.2) is 30.3 Å². The van der Waals surface area contributed by atoms with Gasteiger partial charge in [0.05, 0.1) is 6.04 Å². The van der Waals surface area contributed by atoms with Crippen molar-refractivity contribution in [2.24, 2.45) is 5.92 Å². The molecule has 1 aliphatic heterocycles. The summed E-state index contributed by atoms with van der Waals surface area (Å²) in [5, 5.41) is 8.98. The first-order chi connectivity index (χ1) is 10.4. The average Bonchev–Trinajstić information content (AvgIpc) is 2.97. The number of carbonyl (C=O) groups is 2. The van der Waals surface area contributed by atoms with Gasteiger partial charge in [-0.3, -0.25) is 4.79 Å². The average molecular weight is 305 g/mol. The minimum Gasteiger partial charge on any atom is -0.479 e. The van der Waals surface area contributed by atoms with Gasteiger partial charge in [0.25, 0.3) is 5.91 Å². The Bertz CT molecular complexity index is 529. The SMILES string of the molecule is CC(C)C(c1ccccc1)N(C)C(=O)[C@@H]1CC[C@H](C(=O)O)O1. The monoisotopic (exact) mass is 305 g/mol. The van der Waals surface area contributed by atoms with E-state index in [-0.39, 0.29) is 17.9 Å². The Labute approximate surface area is 130 Å². The van der Waals surface area contributed by atoms with Crippen molar-refractivity contribution in [2.75, 3.05) is 7.05 Å². The summed E-state index contributed by atoms with van der Waals surface area (Å²) in [4.78, 5) is 25.3. The van der Waals surface area contributed by atoms with Crippen molar-refractivity contribution >= 4 is 11.9 Å². The summed E-state index contributed by atoms with van der Waals surface area (Å²) in [7, 11) is 1.76. The maximum absolute atomic E-state index is 12.6. The van der Waals surface area contributed by atoms with Crippen molar-refractivity contribution in [3.05, 3.63) is 35.9 Å². The number of hydrogen-bond acceptors (Lipinski definition) is 3. The van der Waals surface area contributed by atoms with Crippen LogP contribution < -0.4 is 0 Å². The molecular formula is C17H23NO4. The number of hydrogen-bond donors (Lipinski definition) is 1. The van der Waals surface area contributed by atoms with Gasteiger partial charge in [-0.05, 0) is 24.3 Å². The van der Waals surface area contributed by atoms with Gasteiger partial charge < -0.3 is 14.7 Å². The van der Waals surface area contributed by atoms with E-state index in [2.05, 4.69) is 13.8 Å². The third kappa shape index (κ3) is 3.47. The first-order valence-electron chi connectivity index (χ1n) is 7.61. The number of likely N-dealkylation sites (N-methyl/N-ethyl adjacent to an activating group) is 1. The molecule has 1 aromatic rings. The molecule has 0 radical (unpaired) electrons. The predicted molar refractivity (Wildman–Crippen MR) is 82.3 cm³/mol. The molecular weight excluding hydrogens is 282 g/mol. The fourth-order valence-corrected chi connectivity index (χ4v) is 3.07. The lowest BCUT2D eigenvalue weighted by molar-refractivity contribution is -0.155. The summed E-state index contributed by atoms with van der Waals surface area (Å²) < 4.78 is 5.38. The van der Waals surface area contributed by atoms with Crippen LogP contribution in [0.25, 0.3) is 0 Å². The highest BCUT2D eigenvalue weighted by Crippen LogP contribution is 2.30. The highest BCUT2D eigenvalue weighted by atomic mass is 16.5. The molecule has 1 aromatic carbocycles. The maximum atomic E-state index is 12.6. The molecule has 0 aliphatic carbocycles. The van der Waals surface area contributed by atoms with E-state index in [1.165, 1.54) is 0 Å². The van der Waals surface area contributed by atoms with Crippen LogP contribution in [-0.2, 0) is 14.3 Å². The highest BCUT2D eigenvalue weighted by molar-refractivity contribution is 5.83. The van der Waals surface area contributed by atoms with E-state index in [0.717, 1.165) is 5.56 Å². The second-order valence-corrected chi connectivity index (χ2v) is 6.08. The Morgan fingerprint density at radius 2 is 1.77 bits per heavy atom. The molecule has 1 N–H and O–H groups in total. The molecule has 1 unspecified atom stereocenters. The molecule has 1 fully saturated rings. The normalized spacial score (nSPS) is 22.5. The van der Waals surface area contributed by atoms with Crippen LogP contribution in [0.3, 0.4) is 0 Å². The first kappa shape index (κ1) is 16.5. The van der Waals surface area contributed by atoms with E-state index < -0.39 is 18.2 Å². The van der Waals surface area contributed by atoms with E-state index in [9.17, 15) is 9.59 Å². The zero-order valence-electron chi connectivity index (χ0n) is 13.2. The standard InChI is InChI=1S/C17H23NO4/c1-11(2)15(12-7-5-4-6-8-12)18(3)16(19)13-9-10-14(22-13)17(20)21/h4-8,11,13-15H,9-10H2,1-3H3,(H,20,21)/t13-,14+,15?/m0/s1. The van der Waals surface area contributed by atoms with Crippen molar-refractivity contribution in [3.63, 3.8) is 0 Å². The summed E-state index contributed by atoms with van der Waals surface area (Å²) in [6.07, 6.45) is -0.676. The lowest BCUT2D eigenvalue weighted by Crippen LogP contribution is -2.41. The van der Waals surface area contributed by atoms with Crippen molar-refractivity contribution in [1.82, 2.24) is 4.90 Å². The molecule has 1 heterocycles. The minimum absolute atomic E-state index is 0.0545. The Hall–Kier alpha value is -1.88. The number of ether oxygens (including phenoxy) is 1. The fourth-order valence-electron chi connectivity index (χ4n) is 3.07. The number of amides is 1. The Kier molecular flexibility index (Phi) is 5.19. The lowest BCUT2D eigenvalue weighted by atomic mass is 9.94. The topological polar surface area (TPSA) is 66.8 Å². The molecule has 0 aromatic heterocycles. The summed E-state index contributed by atoms with van der Waals surface area (Å²) >= 11 is 0. The Morgan fingerprint density at radius 1 is 1.18 bits per heavy atom. The molecule has 0 saturated carbocycles. The van der Waals surface area contributed by atoms with Crippen LogP contribution in [0.4, 0.5) is 0 Å². The van der Waals surface area contributed by atoms with Crippen LogP contribution >= 0.6 is 0 Å². The number of carbonyl (C=O) groups excluding carboxylic acids is 1. The second-order valence-electron chi connectivity index (χ2n) is 6.08. The van der Waals surface area contributed by atoms with Gasteiger partial charge in [0.15, 0.2) is 6.10 Å². The quantitative estimate of drug-likeness (QED) is 0.907.